The molecule has 1 aliphatic rings. The van der Waals surface area contributed by atoms with Crippen LogP contribution in [0.2, 0.25) is 0 Å². The zero-order valence-corrected chi connectivity index (χ0v) is 25.4. The molecular formula is C34H39N5O6. The van der Waals surface area contributed by atoms with Crippen LogP contribution >= 0.6 is 0 Å². The van der Waals surface area contributed by atoms with Gasteiger partial charge in [-0.3, -0.25) is 19.2 Å². The summed E-state index contributed by atoms with van der Waals surface area (Å²) in [6, 6.07) is 14.8. The Morgan fingerprint density at radius 1 is 0.800 bits per heavy atom. The minimum atomic E-state index is -1.31. The number of carboxylic acid groups (broad SMARTS) is 1. The van der Waals surface area contributed by atoms with Crippen LogP contribution < -0.4 is 27.4 Å². The second-order valence-electron chi connectivity index (χ2n) is 11.8. The van der Waals surface area contributed by atoms with Gasteiger partial charge in [-0.15, -0.1) is 0 Å². The second kappa shape index (κ2) is 14.5. The van der Waals surface area contributed by atoms with E-state index in [2.05, 4.69) is 16.0 Å². The summed E-state index contributed by atoms with van der Waals surface area (Å²) in [5, 5.41) is 19.1. The van der Waals surface area contributed by atoms with Crippen LogP contribution in [0.4, 0.5) is 11.4 Å². The molecule has 0 heterocycles. The van der Waals surface area contributed by atoms with Crippen LogP contribution in [-0.2, 0) is 4.79 Å². The third kappa shape index (κ3) is 8.47. The first-order chi connectivity index (χ1) is 21.4. The van der Waals surface area contributed by atoms with Gasteiger partial charge in [0.25, 0.3) is 11.8 Å². The summed E-state index contributed by atoms with van der Waals surface area (Å²) in [6.07, 6.45) is 5.74. The fourth-order valence-electron chi connectivity index (χ4n) is 5.54. The predicted octanol–water partition coefficient (Wildman–Crippen LogP) is 4.78. The number of benzene rings is 3. The molecule has 1 atom stereocenters. The lowest BCUT2D eigenvalue weighted by molar-refractivity contribution is -0.120. The highest BCUT2D eigenvalue weighted by molar-refractivity contribution is 6.12. The molecular weight excluding hydrogens is 574 g/mol. The van der Waals surface area contributed by atoms with Crippen molar-refractivity contribution in [2.45, 2.75) is 64.5 Å². The van der Waals surface area contributed by atoms with Crippen LogP contribution in [0.1, 0.15) is 93.8 Å². The summed E-state index contributed by atoms with van der Waals surface area (Å²) < 4.78 is 0. The predicted molar refractivity (Wildman–Crippen MR) is 172 cm³/mol. The van der Waals surface area contributed by atoms with Gasteiger partial charge in [-0.2, -0.15) is 0 Å². The van der Waals surface area contributed by atoms with Crippen molar-refractivity contribution in [2.24, 2.45) is 17.4 Å². The average molecular weight is 614 g/mol. The summed E-state index contributed by atoms with van der Waals surface area (Å²) in [6.45, 7) is 3.77. The van der Waals surface area contributed by atoms with Crippen molar-refractivity contribution in [3.05, 3.63) is 82.9 Å². The summed E-state index contributed by atoms with van der Waals surface area (Å²) in [5.74, 6) is -3.74. The molecule has 45 heavy (non-hydrogen) atoms. The molecule has 0 saturated heterocycles. The highest BCUT2D eigenvalue weighted by atomic mass is 16.4. The van der Waals surface area contributed by atoms with Gasteiger partial charge in [0.15, 0.2) is 0 Å². The van der Waals surface area contributed by atoms with Crippen molar-refractivity contribution in [2.75, 3.05) is 10.6 Å². The van der Waals surface area contributed by atoms with Gasteiger partial charge in [-0.05, 0) is 78.8 Å². The maximum absolute atomic E-state index is 13.8. The Hall–Kier alpha value is -5.19. The maximum Gasteiger partial charge on any atom is 0.336 e. The Morgan fingerprint density at radius 2 is 1.49 bits per heavy atom. The molecule has 0 spiro atoms. The van der Waals surface area contributed by atoms with E-state index in [9.17, 15) is 29.1 Å². The zero-order valence-electron chi connectivity index (χ0n) is 25.4. The van der Waals surface area contributed by atoms with Crippen molar-refractivity contribution in [3.8, 4) is 11.1 Å². The second-order valence-corrected chi connectivity index (χ2v) is 11.8. The number of carbonyl (C=O) groups is 5. The SMILES string of the molecule is CC(C)C[C@H](NC(=O)c1ccc(-c2ccc(NC3CCCCC3)cc2C(=O)Nc2cccc(C(N)=O)c2)c(C(=O)O)c1)C(N)=O. The molecule has 0 aromatic heterocycles. The Kier molecular flexibility index (Phi) is 10.6. The number of aromatic carboxylic acids is 1. The van der Waals surface area contributed by atoms with Gasteiger partial charge in [0.1, 0.15) is 6.04 Å². The number of hydrogen-bond donors (Lipinski definition) is 6. The number of nitrogens with one attached hydrogen (secondary N) is 3. The smallest absolute Gasteiger partial charge is 0.336 e. The van der Waals surface area contributed by atoms with E-state index in [4.69, 9.17) is 11.5 Å². The van der Waals surface area contributed by atoms with E-state index in [1.54, 1.807) is 30.3 Å². The lowest BCUT2D eigenvalue weighted by atomic mass is 9.92. The Morgan fingerprint density at radius 3 is 2.13 bits per heavy atom. The molecule has 4 rings (SSSR count). The molecule has 11 nitrogen and oxygen atoms in total. The molecule has 0 unspecified atom stereocenters. The van der Waals surface area contributed by atoms with Crippen LogP contribution in [0.25, 0.3) is 11.1 Å². The van der Waals surface area contributed by atoms with Gasteiger partial charge in [0, 0.05) is 34.1 Å². The minimum Gasteiger partial charge on any atom is -0.478 e. The standard InChI is InChI=1S/C34H39N5O6/c1-19(2)15-29(31(36)41)39-32(42)21-11-13-26(28(17-21)34(44)45)25-14-12-24(37-22-8-4-3-5-9-22)18-27(25)33(43)38-23-10-6-7-20(16-23)30(35)40/h6-7,10-14,16-19,22,29,37H,3-5,8-9,15H2,1-2H3,(H2,35,40)(H2,36,41)(H,38,43)(H,39,42)(H,44,45)/t29-/m0/s1. The van der Waals surface area contributed by atoms with Gasteiger partial charge < -0.3 is 32.5 Å². The number of nitrogens with two attached hydrogens (primary N) is 2. The summed E-state index contributed by atoms with van der Waals surface area (Å²) in [4.78, 5) is 62.9. The monoisotopic (exact) mass is 613 g/mol. The summed E-state index contributed by atoms with van der Waals surface area (Å²) in [7, 11) is 0. The molecule has 0 aliphatic heterocycles. The van der Waals surface area contributed by atoms with Crippen LogP contribution in [0.5, 0.6) is 0 Å². The maximum atomic E-state index is 13.8. The highest BCUT2D eigenvalue weighted by Gasteiger charge is 2.24. The van der Waals surface area contributed by atoms with Crippen molar-refractivity contribution in [1.82, 2.24) is 5.32 Å². The van der Waals surface area contributed by atoms with Gasteiger partial charge in [0.2, 0.25) is 11.8 Å². The average Bonchev–Trinajstić information content (AvgIpc) is 3.00. The van der Waals surface area contributed by atoms with Gasteiger partial charge in [0.05, 0.1) is 5.56 Å². The molecule has 11 heteroatoms. The lowest BCUT2D eigenvalue weighted by Crippen LogP contribution is -2.45. The fourth-order valence-corrected chi connectivity index (χ4v) is 5.54. The van der Waals surface area contributed by atoms with Crippen LogP contribution in [-0.4, -0.2) is 46.8 Å². The first-order valence-corrected chi connectivity index (χ1v) is 15.0. The Labute approximate surface area is 261 Å². The van der Waals surface area contributed by atoms with Crippen LogP contribution in [0, 0.1) is 5.92 Å². The molecule has 0 radical (unpaired) electrons. The van der Waals surface area contributed by atoms with E-state index in [0.29, 0.717) is 23.4 Å². The number of hydrogen-bond acceptors (Lipinski definition) is 6. The van der Waals surface area contributed by atoms with E-state index in [1.807, 2.05) is 13.8 Å². The quantitative estimate of drug-likeness (QED) is 0.169. The van der Waals surface area contributed by atoms with Crippen molar-refractivity contribution in [1.29, 1.82) is 0 Å². The van der Waals surface area contributed by atoms with E-state index in [-0.39, 0.29) is 39.8 Å². The molecule has 8 N–H and O–H groups in total. The van der Waals surface area contributed by atoms with Crippen molar-refractivity contribution < 1.29 is 29.1 Å². The molecule has 4 amide bonds. The van der Waals surface area contributed by atoms with Gasteiger partial charge in [-0.25, -0.2) is 4.79 Å². The molecule has 3 aromatic carbocycles. The molecule has 1 fully saturated rings. The van der Waals surface area contributed by atoms with Crippen molar-refractivity contribution in [3.63, 3.8) is 0 Å². The van der Waals surface area contributed by atoms with Crippen molar-refractivity contribution >= 4 is 41.0 Å². The minimum absolute atomic E-state index is 0.0241. The fraction of sp³-hybridized carbons (Fsp3) is 0.324. The first kappa shape index (κ1) is 32.7. The number of amides is 4. The van der Waals surface area contributed by atoms with Crippen LogP contribution in [0.15, 0.2) is 60.7 Å². The third-order valence-corrected chi connectivity index (χ3v) is 7.80. The van der Waals surface area contributed by atoms with E-state index in [0.717, 1.165) is 25.7 Å². The first-order valence-electron chi connectivity index (χ1n) is 15.0. The normalized spacial score (nSPS) is 13.9. The number of rotatable bonds is 12. The highest BCUT2D eigenvalue weighted by Crippen LogP contribution is 2.32. The van der Waals surface area contributed by atoms with Gasteiger partial charge >= 0.3 is 5.97 Å². The molecule has 1 aliphatic carbocycles. The molecule has 0 bridgehead atoms. The summed E-state index contributed by atoms with van der Waals surface area (Å²) in [5.41, 5.74) is 12.7. The number of carboxylic acids is 1. The lowest BCUT2D eigenvalue weighted by Gasteiger charge is -2.24. The number of carbonyl (C=O) groups excluding carboxylic acids is 4. The number of anilines is 2. The number of primary amides is 2. The zero-order chi connectivity index (χ0) is 32.7. The van der Waals surface area contributed by atoms with E-state index >= 15 is 0 Å². The Bertz CT molecular complexity index is 1610. The molecule has 3 aromatic rings. The molecule has 236 valence electrons. The van der Waals surface area contributed by atoms with Gasteiger partial charge in [-0.1, -0.05) is 51.3 Å². The summed E-state index contributed by atoms with van der Waals surface area (Å²) >= 11 is 0. The van der Waals surface area contributed by atoms with E-state index in [1.165, 1.54) is 36.8 Å². The Balaban J connectivity index is 1.73. The van der Waals surface area contributed by atoms with Crippen LogP contribution in [0.3, 0.4) is 0 Å². The topological polar surface area (TPSA) is 194 Å². The third-order valence-electron chi connectivity index (χ3n) is 7.80. The molecule has 1 saturated carbocycles. The largest absolute Gasteiger partial charge is 0.478 e. The van der Waals surface area contributed by atoms with E-state index < -0.39 is 35.6 Å².